The van der Waals surface area contributed by atoms with Gasteiger partial charge in [0, 0.05) is 23.1 Å². The Balaban J connectivity index is 1.85. The SMILES string of the molecule is Brc1cccc(C2CNC3CCCN2CCC3)c1. The highest BCUT2D eigenvalue weighted by Crippen LogP contribution is 2.28. The maximum absolute atomic E-state index is 3.76. The van der Waals surface area contributed by atoms with E-state index in [9.17, 15) is 0 Å². The number of nitrogens with zero attached hydrogens (tertiary/aromatic N) is 1. The fraction of sp³-hybridized carbons (Fsp3) is 0.600. The summed E-state index contributed by atoms with van der Waals surface area (Å²) in [7, 11) is 0. The Kier molecular flexibility index (Phi) is 4.02. The number of hydrogen-bond acceptors (Lipinski definition) is 2. The Morgan fingerprint density at radius 1 is 1.17 bits per heavy atom. The number of nitrogens with one attached hydrogen (secondary N) is 1. The molecule has 3 saturated heterocycles. The summed E-state index contributed by atoms with van der Waals surface area (Å²) in [5.74, 6) is 0. The Labute approximate surface area is 118 Å². The first kappa shape index (κ1) is 12.6. The molecule has 3 heterocycles. The maximum Gasteiger partial charge on any atom is 0.0473 e. The normalized spacial score (nSPS) is 32.6. The molecule has 1 atom stereocenters. The molecule has 3 aliphatic rings. The molecule has 0 aromatic heterocycles. The lowest BCUT2D eigenvalue weighted by molar-refractivity contribution is 0.138. The number of rotatable bonds is 1. The zero-order valence-electron chi connectivity index (χ0n) is 10.7. The van der Waals surface area contributed by atoms with Gasteiger partial charge >= 0.3 is 0 Å². The molecule has 4 rings (SSSR count). The van der Waals surface area contributed by atoms with Crippen molar-refractivity contribution in [1.29, 1.82) is 0 Å². The second kappa shape index (κ2) is 5.72. The van der Waals surface area contributed by atoms with E-state index < -0.39 is 0 Å². The van der Waals surface area contributed by atoms with Crippen LogP contribution in [0.1, 0.15) is 37.3 Å². The van der Waals surface area contributed by atoms with Crippen molar-refractivity contribution in [3.05, 3.63) is 34.3 Å². The predicted molar refractivity (Wildman–Crippen MR) is 78.7 cm³/mol. The van der Waals surface area contributed by atoms with Gasteiger partial charge in [-0.25, -0.2) is 0 Å². The van der Waals surface area contributed by atoms with Gasteiger partial charge in [-0.3, -0.25) is 4.90 Å². The summed E-state index contributed by atoms with van der Waals surface area (Å²) in [6.45, 7) is 3.62. The van der Waals surface area contributed by atoms with Crippen molar-refractivity contribution in [3.63, 3.8) is 0 Å². The summed E-state index contributed by atoms with van der Waals surface area (Å²) in [5, 5.41) is 3.76. The third-order valence-corrected chi connectivity index (χ3v) is 4.76. The second-order valence-electron chi connectivity index (χ2n) is 5.50. The zero-order valence-corrected chi connectivity index (χ0v) is 12.3. The first-order valence-corrected chi connectivity index (χ1v) is 7.85. The van der Waals surface area contributed by atoms with Gasteiger partial charge in [0.25, 0.3) is 0 Å². The van der Waals surface area contributed by atoms with Crippen LogP contribution in [-0.4, -0.2) is 30.6 Å². The van der Waals surface area contributed by atoms with E-state index in [1.165, 1.54) is 48.8 Å². The summed E-state index contributed by atoms with van der Waals surface area (Å²) in [4.78, 5) is 2.67. The molecular weight excluding hydrogens is 288 g/mol. The molecule has 18 heavy (non-hydrogen) atoms. The van der Waals surface area contributed by atoms with Crippen LogP contribution in [-0.2, 0) is 0 Å². The highest BCUT2D eigenvalue weighted by atomic mass is 79.9. The fourth-order valence-electron chi connectivity index (χ4n) is 3.30. The van der Waals surface area contributed by atoms with Crippen LogP contribution in [0.5, 0.6) is 0 Å². The number of fused-ring (bicyclic) bond motifs is 6. The highest BCUT2D eigenvalue weighted by Gasteiger charge is 2.26. The zero-order chi connectivity index (χ0) is 12.4. The molecule has 1 unspecified atom stereocenters. The molecular formula is C15H21BrN2. The van der Waals surface area contributed by atoms with Crippen molar-refractivity contribution in [2.45, 2.75) is 37.8 Å². The van der Waals surface area contributed by atoms with Crippen molar-refractivity contribution < 1.29 is 0 Å². The van der Waals surface area contributed by atoms with Crippen LogP contribution in [0.15, 0.2) is 28.7 Å². The van der Waals surface area contributed by atoms with Crippen molar-refractivity contribution in [1.82, 2.24) is 10.2 Å². The van der Waals surface area contributed by atoms with E-state index in [0.717, 1.165) is 12.6 Å². The summed E-state index contributed by atoms with van der Waals surface area (Å²) < 4.78 is 1.19. The minimum absolute atomic E-state index is 0.547. The minimum atomic E-state index is 0.547. The van der Waals surface area contributed by atoms with Gasteiger partial charge in [0.15, 0.2) is 0 Å². The predicted octanol–water partition coefficient (Wildman–Crippen LogP) is 3.34. The largest absolute Gasteiger partial charge is 0.312 e. The van der Waals surface area contributed by atoms with Crippen LogP contribution < -0.4 is 5.32 Å². The molecule has 1 aromatic rings. The number of hydrogen-bond donors (Lipinski definition) is 1. The molecule has 1 N–H and O–H groups in total. The smallest absolute Gasteiger partial charge is 0.0473 e. The molecule has 98 valence electrons. The minimum Gasteiger partial charge on any atom is -0.312 e. The Bertz CT molecular complexity index is 397. The Morgan fingerprint density at radius 3 is 2.67 bits per heavy atom. The molecule has 2 nitrogen and oxygen atoms in total. The van der Waals surface area contributed by atoms with Crippen molar-refractivity contribution in [2.75, 3.05) is 19.6 Å². The average molecular weight is 309 g/mol. The summed E-state index contributed by atoms with van der Waals surface area (Å²) in [5.41, 5.74) is 1.44. The van der Waals surface area contributed by atoms with Gasteiger partial charge in [0.1, 0.15) is 0 Å². The Morgan fingerprint density at radius 2 is 1.94 bits per heavy atom. The summed E-state index contributed by atoms with van der Waals surface area (Å²) in [6, 6.07) is 10.1. The quantitative estimate of drug-likeness (QED) is 0.856. The molecule has 0 saturated carbocycles. The monoisotopic (exact) mass is 308 g/mol. The standard InChI is InChI=1S/C15H21BrN2/c16-13-5-1-4-12(10-13)15-11-17-14-6-2-8-18(15)9-3-7-14/h1,4-5,10,14-15,17H,2-3,6-9,11H2. The molecule has 0 amide bonds. The van der Waals surface area contributed by atoms with E-state index >= 15 is 0 Å². The van der Waals surface area contributed by atoms with Crippen LogP contribution in [0, 0.1) is 0 Å². The molecule has 3 aliphatic heterocycles. The fourth-order valence-corrected chi connectivity index (χ4v) is 3.72. The number of benzene rings is 1. The van der Waals surface area contributed by atoms with Gasteiger partial charge in [-0.2, -0.15) is 0 Å². The maximum atomic E-state index is 3.76. The molecule has 3 fully saturated rings. The topological polar surface area (TPSA) is 15.3 Å². The summed E-state index contributed by atoms with van der Waals surface area (Å²) >= 11 is 3.59. The molecule has 0 radical (unpaired) electrons. The van der Waals surface area contributed by atoms with Gasteiger partial charge in [0.05, 0.1) is 0 Å². The van der Waals surface area contributed by atoms with Crippen LogP contribution in [0.3, 0.4) is 0 Å². The van der Waals surface area contributed by atoms with Gasteiger partial charge in [0.2, 0.25) is 0 Å². The molecule has 0 spiro atoms. The van der Waals surface area contributed by atoms with E-state index in [-0.39, 0.29) is 0 Å². The van der Waals surface area contributed by atoms with Crippen LogP contribution in [0.2, 0.25) is 0 Å². The Hall–Kier alpha value is -0.380. The van der Waals surface area contributed by atoms with Gasteiger partial charge in [-0.1, -0.05) is 28.1 Å². The van der Waals surface area contributed by atoms with E-state index in [4.69, 9.17) is 0 Å². The van der Waals surface area contributed by atoms with E-state index in [1.54, 1.807) is 0 Å². The third kappa shape index (κ3) is 2.79. The number of halogens is 1. The lowest BCUT2D eigenvalue weighted by atomic mass is 9.95. The van der Waals surface area contributed by atoms with Crippen LogP contribution in [0.4, 0.5) is 0 Å². The lowest BCUT2D eigenvalue weighted by Gasteiger charge is -2.39. The summed E-state index contributed by atoms with van der Waals surface area (Å²) in [6.07, 6.45) is 5.37. The van der Waals surface area contributed by atoms with E-state index in [2.05, 4.69) is 50.4 Å². The molecule has 2 bridgehead atoms. The highest BCUT2D eigenvalue weighted by molar-refractivity contribution is 9.10. The average Bonchev–Trinajstić information content (AvgIpc) is 2.26. The van der Waals surface area contributed by atoms with Crippen molar-refractivity contribution in [2.24, 2.45) is 0 Å². The van der Waals surface area contributed by atoms with Gasteiger partial charge < -0.3 is 5.32 Å². The molecule has 0 aliphatic carbocycles. The van der Waals surface area contributed by atoms with Crippen molar-refractivity contribution >= 4 is 15.9 Å². The van der Waals surface area contributed by atoms with Crippen LogP contribution in [0.25, 0.3) is 0 Å². The first-order chi connectivity index (χ1) is 8.83. The second-order valence-corrected chi connectivity index (χ2v) is 6.41. The molecule has 3 heteroatoms. The lowest BCUT2D eigenvalue weighted by Crippen LogP contribution is -2.46. The van der Waals surface area contributed by atoms with E-state index in [0.29, 0.717) is 6.04 Å². The third-order valence-electron chi connectivity index (χ3n) is 4.27. The molecule has 1 aromatic carbocycles. The van der Waals surface area contributed by atoms with Gasteiger partial charge in [-0.15, -0.1) is 0 Å². The van der Waals surface area contributed by atoms with E-state index in [1.807, 2.05) is 0 Å². The first-order valence-electron chi connectivity index (χ1n) is 7.06. The van der Waals surface area contributed by atoms with Crippen molar-refractivity contribution in [3.8, 4) is 0 Å². The van der Waals surface area contributed by atoms with Gasteiger partial charge in [-0.05, 0) is 56.5 Å². The van der Waals surface area contributed by atoms with Crippen LogP contribution >= 0.6 is 15.9 Å².